The number of carboxylic acid groups (broad SMARTS) is 1. The SMILES string of the molecule is COCc1cc(CN2CCC3(CC2)NC(=O)CC3C(=O)O)ccc1OC. The number of nitrogens with one attached hydrogen (secondary N) is 1. The molecule has 142 valence electrons. The molecule has 7 heteroatoms. The molecule has 2 saturated heterocycles. The van der Waals surface area contributed by atoms with Crippen molar-refractivity contribution in [1.29, 1.82) is 0 Å². The normalized spacial score (nSPS) is 22.4. The Morgan fingerprint density at radius 1 is 1.35 bits per heavy atom. The van der Waals surface area contributed by atoms with E-state index in [1.165, 1.54) is 5.56 Å². The lowest BCUT2D eigenvalue weighted by atomic mass is 9.77. The van der Waals surface area contributed by atoms with Crippen molar-refractivity contribution in [2.45, 2.75) is 38.0 Å². The monoisotopic (exact) mass is 362 g/mol. The van der Waals surface area contributed by atoms with Crippen molar-refractivity contribution < 1.29 is 24.2 Å². The number of carbonyl (C=O) groups excluding carboxylic acids is 1. The second-order valence-corrected chi connectivity index (χ2v) is 7.15. The van der Waals surface area contributed by atoms with Gasteiger partial charge in [0.25, 0.3) is 0 Å². The quantitative estimate of drug-likeness (QED) is 0.795. The summed E-state index contributed by atoms with van der Waals surface area (Å²) in [5, 5.41) is 12.4. The van der Waals surface area contributed by atoms with Gasteiger partial charge in [-0.1, -0.05) is 6.07 Å². The zero-order chi connectivity index (χ0) is 18.7. The second kappa shape index (κ2) is 7.63. The third-order valence-corrected chi connectivity index (χ3v) is 5.54. The zero-order valence-electron chi connectivity index (χ0n) is 15.3. The lowest BCUT2D eigenvalue weighted by Gasteiger charge is -2.41. The third kappa shape index (κ3) is 3.68. The van der Waals surface area contributed by atoms with E-state index in [9.17, 15) is 14.7 Å². The fourth-order valence-corrected chi connectivity index (χ4v) is 4.16. The number of nitrogens with zero attached hydrogens (tertiary/aromatic N) is 1. The number of carboxylic acids is 1. The summed E-state index contributed by atoms with van der Waals surface area (Å²) in [5.41, 5.74) is 1.59. The molecule has 1 unspecified atom stereocenters. The van der Waals surface area contributed by atoms with E-state index in [1.54, 1.807) is 14.2 Å². The number of rotatable bonds is 6. The van der Waals surface area contributed by atoms with Crippen LogP contribution in [0.25, 0.3) is 0 Å². The van der Waals surface area contributed by atoms with Gasteiger partial charge in [0, 0.05) is 38.7 Å². The van der Waals surface area contributed by atoms with Gasteiger partial charge in [0.05, 0.1) is 25.2 Å². The van der Waals surface area contributed by atoms with Gasteiger partial charge in [-0.15, -0.1) is 0 Å². The molecule has 0 aliphatic carbocycles. The third-order valence-electron chi connectivity index (χ3n) is 5.54. The van der Waals surface area contributed by atoms with E-state index in [4.69, 9.17) is 9.47 Å². The number of piperidine rings is 1. The Balaban J connectivity index is 1.65. The number of aliphatic carboxylic acids is 1. The van der Waals surface area contributed by atoms with Crippen LogP contribution in [-0.4, -0.2) is 54.7 Å². The van der Waals surface area contributed by atoms with Gasteiger partial charge < -0.3 is 19.9 Å². The molecule has 2 heterocycles. The molecule has 1 spiro atoms. The van der Waals surface area contributed by atoms with Gasteiger partial charge >= 0.3 is 5.97 Å². The molecule has 2 aliphatic heterocycles. The molecule has 2 N–H and O–H groups in total. The van der Waals surface area contributed by atoms with E-state index in [-0.39, 0.29) is 12.3 Å². The molecule has 0 bridgehead atoms. The highest BCUT2D eigenvalue weighted by molar-refractivity contribution is 5.88. The van der Waals surface area contributed by atoms with Crippen LogP contribution in [0.15, 0.2) is 18.2 Å². The van der Waals surface area contributed by atoms with E-state index in [2.05, 4.69) is 16.3 Å². The summed E-state index contributed by atoms with van der Waals surface area (Å²) >= 11 is 0. The van der Waals surface area contributed by atoms with E-state index in [0.29, 0.717) is 19.4 Å². The molecule has 1 aromatic rings. The van der Waals surface area contributed by atoms with Crippen LogP contribution >= 0.6 is 0 Å². The lowest BCUT2D eigenvalue weighted by Crippen LogP contribution is -2.55. The highest BCUT2D eigenvalue weighted by atomic mass is 16.5. The summed E-state index contributed by atoms with van der Waals surface area (Å²) < 4.78 is 10.6. The van der Waals surface area contributed by atoms with Gasteiger partial charge in [0.1, 0.15) is 5.75 Å². The van der Waals surface area contributed by atoms with E-state index < -0.39 is 17.4 Å². The van der Waals surface area contributed by atoms with Crippen molar-refractivity contribution in [3.8, 4) is 5.75 Å². The van der Waals surface area contributed by atoms with Crippen molar-refractivity contribution in [2.75, 3.05) is 27.3 Å². The number of amides is 1. The number of likely N-dealkylation sites (tertiary alicyclic amines) is 1. The lowest BCUT2D eigenvalue weighted by molar-refractivity contribution is -0.144. The number of hydrogen-bond donors (Lipinski definition) is 2. The summed E-state index contributed by atoms with van der Waals surface area (Å²) in [7, 11) is 3.30. The molecule has 1 atom stereocenters. The van der Waals surface area contributed by atoms with Crippen LogP contribution in [0.4, 0.5) is 0 Å². The average Bonchev–Trinajstić information content (AvgIpc) is 2.94. The van der Waals surface area contributed by atoms with E-state index in [1.807, 2.05) is 12.1 Å². The molecule has 26 heavy (non-hydrogen) atoms. The number of benzene rings is 1. The van der Waals surface area contributed by atoms with Gasteiger partial charge in [-0.2, -0.15) is 0 Å². The van der Waals surface area contributed by atoms with Crippen LogP contribution in [0.2, 0.25) is 0 Å². The first kappa shape index (κ1) is 18.7. The number of ether oxygens (including phenoxy) is 2. The molecule has 2 aliphatic rings. The maximum atomic E-state index is 11.8. The summed E-state index contributed by atoms with van der Waals surface area (Å²) in [6, 6.07) is 6.08. The van der Waals surface area contributed by atoms with Crippen molar-refractivity contribution in [3.63, 3.8) is 0 Å². The van der Waals surface area contributed by atoms with Crippen molar-refractivity contribution in [2.24, 2.45) is 5.92 Å². The maximum absolute atomic E-state index is 11.8. The molecule has 1 aromatic carbocycles. The van der Waals surface area contributed by atoms with Gasteiger partial charge in [-0.3, -0.25) is 14.5 Å². The fourth-order valence-electron chi connectivity index (χ4n) is 4.16. The predicted molar refractivity (Wildman–Crippen MR) is 94.8 cm³/mol. The molecule has 7 nitrogen and oxygen atoms in total. The number of carbonyl (C=O) groups is 2. The Kier molecular flexibility index (Phi) is 5.48. The number of methoxy groups -OCH3 is 2. The van der Waals surface area contributed by atoms with Gasteiger partial charge in [0.15, 0.2) is 0 Å². The molecule has 0 radical (unpaired) electrons. The van der Waals surface area contributed by atoms with Gasteiger partial charge in [-0.05, 0) is 30.5 Å². The Morgan fingerprint density at radius 2 is 2.08 bits per heavy atom. The largest absolute Gasteiger partial charge is 0.496 e. The summed E-state index contributed by atoms with van der Waals surface area (Å²) in [6.45, 7) is 2.79. The molecular weight excluding hydrogens is 336 g/mol. The van der Waals surface area contributed by atoms with Crippen LogP contribution in [-0.2, 0) is 27.5 Å². The molecule has 2 fully saturated rings. The molecule has 0 saturated carbocycles. The highest BCUT2D eigenvalue weighted by Crippen LogP contribution is 2.37. The summed E-state index contributed by atoms with van der Waals surface area (Å²) in [6.07, 6.45) is 1.42. The van der Waals surface area contributed by atoms with Crippen LogP contribution in [0.3, 0.4) is 0 Å². The smallest absolute Gasteiger partial charge is 0.309 e. The van der Waals surface area contributed by atoms with Crippen molar-refractivity contribution in [3.05, 3.63) is 29.3 Å². The molecule has 0 aromatic heterocycles. The molecule has 3 rings (SSSR count). The first-order valence-corrected chi connectivity index (χ1v) is 8.88. The van der Waals surface area contributed by atoms with Crippen LogP contribution < -0.4 is 10.1 Å². The minimum absolute atomic E-state index is 0.0915. The predicted octanol–water partition coefficient (Wildman–Crippen LogP) is 1.40. The van der Waals surface area contributed by atoms with Crippen molar-refractivity contribution >= 4 is 11.9 Å². The second-order valence-electron chi connectivity index (χ2n) is 7.15. The Bertz CT molecular complexity index is 683. The number of hydrogen-bond acceptors (Lipinski definition) is 5. The van der Waals surface area contributed by atoms with Gasteiger partial charge in [0.2, 0.25) is 5.91 Å². The van der Waals surface area contributed by atoms with Crippen LogP contribution in [0.5, 0.6) is 5.75 Å². The first-order valence-electron chi connectivity index (χ1n) is 8.88. The maximum Gasteiger partial charge on any atom is 0.309 e. The van der Waals surface area contributed by atoms with Gasteiger partial charge in [-0.25, -0.2) is 0 Å². The fraction of sp³-hybridized carbons (Fsp3) is 0.579. The van der Waals surface area contributed by atoms with E-state index >= 15 is 0 Å². The molecule has 1 amide bonds. The minimum Gasteiger partial charge on any atom is -0.496 e. The minimum atomic E-state index is -0.879. The van der Waals surface area contributed by atoms with Crippen LogP contribution in [0, 0.1) is 5.92 Å². The Morgan fingerprint density at radius 3 is 2.69 bits per heavy atom. The Hall–Kier alpha value is -2.12. The van der Waals surface area contributed by atoms with Crippen LogP contribution in [0.1, 0.15) is 30.4 Å². The first-order chi connectivity index (χ1) is 12.5. The highest BCUT2D eigenvalue weighted by Gasteiger charge is 2.51. The zero-order valence-corrected chi connectivity index (χ0v) is 15.3. The topological polar surface area (TPSA) is 88.1 Å². The standard InChI is InChI=1S/C19H26N2O5/c1-25-12-14-9-13(3-4-16(14)26-2)11-21-7-5-19(6-8-21)15(18(23)24)10-17(22)20-19/h3-4,9,15H,5-8,10-12H2,1-2H3,(H,20,22)(H,23,24). The Labute approximate surface area is 153 Å². The molecular formula is C19H26N2O5. The van der Waals surface area contributed by atoms with Crippen molar-refractivity contribution in [1.82, 2.24) is 10.2 Å². The summed E-state index contributed by atoms with van der Waals surface area (Å²) in [5.74, 6) is -0.834. The summed E-state index contributed by atoms with van der Waals surface area (Å²) in [4.78, 5) is 25.6. The average molecular weight is 362 g/mol. The van der Waals surface area contributed by atoms with E-state index in [0.717, 1.165) is 30.9 Å².